The highest BCUT2D eigenvalue weighted by molar-refractivity contribution is 5.95. The molecule has 0 saturated heterocycles. The Labute approximate surface area is 119 Å². The second-order valence-electron chi connectivity index (χ2n) is 4.94. The Morgan fingerprint density at radius 3 is 2.40 bits per heavy atom. The molecule has 1 rings (SSSR count). The van der Waals surface area contributed by atoms with Gasteiger partial charge >= 0.3 is 5.97 Å². The van der Waals surface area contributed by atoms with Gasteiger partial charge in [0.25, 0.3) is 5.91 Å². The average Bonchev–Trinajstić information content (AvgIpc) is 2.38. The molecule has 110 valence electrons. The van der Waals surface area contributed by atoms with Crippen molar-refractivity contribution < 1.29 is 14.7 Å². The van der Waals surface area contributed by atoms with Crippen molar-refractivity contribution >= 4 is 11.9 Å². The molecular formula is C14H21N3O3. The fraction of sp³-hybridized carbons (Fsp3) is 0.500. The number of aromatic carboxylic acids is 1. The van der Waals surface area contributed by atoms with Gasteiger partial charge in [-0.05, 0) is 40.1 Å². The molecule has 0 aliphatic heterocycles. The first-order valence-corrected chi connectivity index (χ1v) is 6.51. The Bertz CT molecular complexity index is 471. The van der Waals surface area contributed by atoms with E-state index in [1.807, 2.05) is 32.8 Å². The fourth-order valence-corrected chi connectivity index (χ4v) is 2.10. The van der Waals surface area contributed by atoms with Crippen molar-refractivity contribution in [3.63, 3.8) is 0 Å². The third kappa shape index (κ3) is 4.03. The summed E-state index contributed by atoms with van der Waals surface area (Å²) in [5.41, 5.74) is 0.341. The summed E-state index contributed by atoms with van der Waals surface area (Å²) in [6, 6.07) is 2.92. The van der Waals surface area contributed by atoms with Crippen LogP contribution < -0.4 is 0 Å². The number of carboxylic acids is 1. The number of carboxylic acid groups (broad SMARTS) is 1. The number of amides is 1. The molecule has 0 fully saturated rings. The predicted molar refractivity (Wildman–Crippen MR) is 75.9 cm³/mol. The van der Waals surface area contributed by atoms with Crippen LogP contribution in [0.1, 0.15) is 34.7 Å². The van der Waals surface area contributed by atoms with Crippen molar-refractivity contribution in [3.05, 3.63) is 29.6 Å². The Morgan fingerprint density at radius 1 is 1.35 bits per heavy atom. The minimum absolute atomic E-state index is 0.0639. The maximum Gasteiger partial charge on any atom is 0.354 e. The van der Waals surface area contributed by atoms with Crippen LogP contribution in [0.3, 0.4) is 0 Å². The first-order chi connectivity index (χ1) is 9.36. The number of carbonyl (C=O) groups excluding carboxylic acids is 1. The van der Waals surface area contributed by atoms with E-state index in [1.54, 1.807) is 4.90 Å². The van der Waals surface area contributed by atoms with Gasteiger partial charge in [-0.1, -0.05) is 0 Å². The molecule has 1 N–H and O–H groups in total. The van der Waals surface area contributed by atoms with Crippen molar-refractivity contribution in [2.24, 2.45) is 0 Å². The highest BCUT2D eigenvalue weighted by Gasteiger charge is 2.21. The molecule has 1 heterocycles. The van der Waals surface area contributed by atoms with Gasteiger partial charge in [-0.2, -0.15) is 0 Å². The molecule has 6 heteroatoms. The molecule has 0 aliphatic rings. The monoisotopic (exact) mass is 279 g/mol. The minimum Gasteiger partial charge on any atom is -0.477 e. The van der Waals surface area contributed by atoms with Crippen LogP contribution in [-0.2, 0) is 0 Å². The molecule has 1 aromatic rings. The lowest BCUT2D eigenvalue weighted by Crippen LogP contribution is -2.43. The maximum atomic E-state index is 12.4. The summed E-state index contributed by atoms with van der Waals surface area (Å²) in [6.07, 6.45) is 1.32. The zero-order chi connectivity index (χ0) is 15.3. The van der Waals surface area contributed by atoms with E-state index in [4.69, 9.17) is 5.11 Å². The lowest BCUT2D eigenvalue weighted by Gasteiger charge is -2.30. The van der Waals surface area contributed by atoms with E-state index in [-0.39, 0.29) is 17.6 Å². The summed E-state index contributed by atoms with van der Waals surface area (Å²) in [4.78, 5) is 30.7. The average molecular weight is 279 g/mol. The molecule has 0 saturated carbocycles. The number of nitrogens with zero attached hydrogens (tertiary/aromatic N) is 3. The SMILES string of the molecule is CCN(C(=O)c1ccc(C(=O)O)nc1)C(C)CN(C)C. The van der Waals surface area contributed by atoms with Crippen LogP contribution in [0.25, 0.3) is 0 Å². The smallest absolute Gasteiger partial charge is 0.354 e. The first kappa shape index (κ1) is 16.1. The van der Waals surface area contributed by atoms with E-state index in [0.717, 1.165) is 6.54 Å². The summed E-state index contributed by atoms with van der Waals surface area (Å²) in [5, 5.41) is 8.79. The molecular weight excluding hydrogens is 258 g/mol. The third-order valence-corrected chi connectivity index (χ3v) is 2.99. The molecule has 1 atom stereocenters. The zero-order valence-corrected chi connectivity index (χ0v) is 12.3. The maximum absolute atomic E-state index is 12.4. The number of pyridine rings is 1. The molecule has 0 bridgehead atoms. The highest BCUT2D eigenvalue weighted by atomic mass is 16.4. The lowest BCUT2D eigenvalue weighted by molar-refractivity contribution is 0.0667. The zero-order valence-electron chi connectivity index (χ0n) is 12.3. The fourth-order valence-electron chi connectivity index (χ4n) is 2.10. The quantitative estimate of drug-likeness (QED) is 0.846. The molecule has 6 nitrogen and oxygen atoms in total. The Kier molecular flexibility index (Phi) is 5.64. The minimum atomic E-state index is -1.10. The molecule has 1 amide bonds. The summed E-state index contributed by atoms with van der Waals surface area (Å²) in [5.74, 6) is -1.23. The third-order valence-electron chi connectivity index (χ3n) is 2.99. The van der Waals surface area contributed by atoms with E-state index in [9.17, 15) is 9.59 Å². The normalized spacial score (nSPS) is 12.2. The summed E-state index contributed by atoms with van der Waals surface area (Å²) >= 11 is 0. The molecule has 0 aromatic carbocycles. The summed E-state index contributed by atoms with van der Waals surface area (Å²) in [6.45, 7) is 5.26. The van der Waals surface area contributed by atoms with Crippen LogP contribution in [0.15, 0.2) is 18.3 Å². The van der Waals surface area contributed by atoms with Gasteiger partial charge in [-0.15, -0.1) is 0 Å². The first-order valence-electron chi connectivity index (χ1n) is 6.51. The van der Waals surface area contributed by atoms with Crippen molar-refractivity contribution in [2.75, 3.05) is 27.2 Å². The molecule has 0 aliphatic carbocycles. The second kappa shape index (κ2) is 7.00. The standard InChI is InChI=1S/C14H21N3O3/c1-5-17(10(2)9-16(3)4)13(18)11-6-7-12(14(19)20)15-8-11/h6-8,10H,5,9H2,1-4H3,(H,19,20). The van der Waals surface area contributed by atoms with Gasteiger partial charge in [0, 0.05) is 25.3 Å². The van der Waals surface area contributed by atoms with E-state index in [1.165, 1.54) is 18.3 Å². The van der Waals surface area contributed by atoms with E-state index in [2.05, 4.69) is 4.98 Å². The number of aromatic nitrogens is 1. The summed E-state index contributed by atoms with van der Waals surface area (Å²) < 4.78 is 0. The summed E-state index contributed by atoms with van der Waals surface area (Å²) in [7, 11) is 3.91. The number of likely N-dealkylation sites (N-methyl/N-ethyl adjacent to an activating group) is 2. The van der Waals surface area contributed by atoms with Gasteiger partial charge < -0.3 is 14.9 Å². The van der Waals surface area contributed by atoms with Gasteiger partial charge in [0.2, 0.25) is 0 Å². The van der Waals surface area contributed by atoms with Gasteiger partial charge in [-0.25, -0.2) is 9.78 Å². The highest BCUT2D eigenvalue weighted by Crippen LogP contribution is 2.09. The predicted octanol–water partition coefficient (Wildman–Crippen LogP) is 1.19. The Morgan fingerprint density at radius 2 is 2.00 bits per heavy atom. The van der Waals surface area contributed by atoms with Crippen molar-refractivity contribution in [2.45, 2.75) is 19.9 Å². The van der Waals surface area contributed by atoms with Crippen LogP contribution in [0.2, 0.25) is 0 Å². The van der Waals surface area contributed by atoms with E-state index in [0.29, 0.717) is 12.1 Å². The van der Waals surface area contributed by atoms with Gasteiger partial charge in [0.05, 0.1) is 5.56 Å². The van der Waals surface area contributed by atoms with Crippen LogP contribution in [0.4, 0.5) is 0 Å². The van der Waals surface area contributed by atoms with Gasteiger partial charge in [-0.3, -0.25) is 4.79 Å². The number of hydrogen-bond acceptors (Lipinski definition) is 4. The van der Waals surface area contributed by atoms with Gasteiger partial charge in [0.15, 0.2) is 0 Å². The second-order valence-corrected chi connectivity index (χ2v) is 4.94. The number of carbonyl (C=O) groups is 2. The van der Waals surface area contributed by atoms with Crippen LogP contribution >= 0.6 is 0 Å². The van der Waals surface area contributed by atoms with Crippen LogP contribution in [0.5, 0.6) is 0 Å². The van der Waals surface area contributed by atoms with Crippen LogP contribution in [-0.4, -0.2) is 65.0 Å². The van der Waals surface area contributed by atoms with Crippen molar-refractivity contribution in [1.82, 2.24) is 14.8 Å². The number of rotatable bonds is 6. The van der Waals surface area contributed by atoms with Crippen molar-refractivity contribution in [3.8, 4) is 0 Å². The van der Waals surface area contributed by atoms with Crippen molar-refractivity contribution in [1.29, 1.82) is 0 Å². The van der Waals surface area contributed by atoms with E-state index < -0.39 is 5.97 Å². The molecule has 1 aromatic heterocycles. The molecule has 1 unspecified atom stereocenters. The Hall–Kier alpha value is -1.95. The topological polar surface area (TPSA) is 73.7 Å². The molecule has 20 heavy (non-hydrogen) atoms. The molecule has 0 radical (unpaired) electrons. The lowest BCUT2D eigenvalue weighted by atomic mass is 10.2. The Balaban J connectivity index is 2.88. The van der Waals surface area contributed by atoms with E-state index >= 15 is 0 Å². The largest absolute Gasteiger partial charge is 0.477 e. The molecule has 0 spiro atoms. The number of hydrogen-bond donors (Lipinski definition) is 1. The van der Waals surface area contributed by atoms with Crippen LogP contribution in [0, 0.1) is 0 Å². The van der Waals surface area contributed by atoms with Gasteiger partial charge in [0.1, 0.15) is 5.69 Å².